The molecule has 240 valence electrons. The molecule has 1 aromatic rings. The van der Waals surface area contributed by atoms with Gasteiger partial charge in [0.25, 0.3) is 5.91 Å². The second kappa shape index (κ2) is 25.1. The predicted octanol–water partition coefficient (Wildman–Crippen LogP) is 7.42. The fraction of sp³-hybridized carbons (Fsp3) is 0.429. The highest BCUT2D eigenvalue weighted by Gasteiger charge is 2.23. The van der Waals surface area contributed by atoms with Gasteiger partial charge in [0.1, 0.15) is 6.04 Å². The number of aromatic nitrogens is 1. The summed E-state index contributed by atoms with van der Waals surface area (Å²) >= 11 is 0. The fourth-order valence-corrected chi connectivity index (χ4v) is 6.15. The molecule has 0 saturated heterocycles. The van der Waals surface area contributed by atoms with Crippen molar-refractivity contribution >= 4 is 39.3 Å². The number of hydrogen-bond donors (Lipinski definition) is 3. The molecule has 9 heteroatoms. The van der Waals surface area contributed by atoms with E-state index in [1.54, 1.807) is 18.3 Å². The van der Waals surface area contributed by atoms with E-state index in [2.05, 4.69) is 83.3 Å². The number of allylic oxidation sites excluding steroid dienone is 12. The first-order valence-corrected chi connectivity index (χ1v) is 17.5. The highest BCUT2D eigenvalue weighted by molar-refractivity contribution is 8.77. The molecule has 1 atom stereocenters. The number of primary amides is 1. The van der Waals surface area contributed by atoms with Crippen LogP contribution in [0.15, 0.2) is 97.4 Å². The Labute approximate surface area is 272 Å². The summed E-state index contributed by atoms with van der Waals surface area (Å²) in [6.07, 6.45) is 35.5. The Balaban J connectivity index is 2.18. The molecule has 0 spiro atoms. The number of carbonyl (C=O) groups is 3. The minimum atomic E-state index is -0.758. The number of pyridine rings is 1. The SMILES string of the molecule is CC/C=C\C/C=C\C/C=C\C/C=C\C/C=C\C/C=C\CCC(=O)NC(CSSC(C)(C)CNC(=O)c1cccnc1)C(N)=O. The number of amides is 3. The highest BCUT2D eigenvalue weighted by atomic mass is 33.1. The van der Waals surface area contributed by atoms with Crippen LogP contribution in [0.25, 0.3) is 0 Å². The van der Waals surface area contributed by atoms with Crippen LogP contribution in [0.3, 0.4) is 0 Å². The summed E-state index contributed by atoms with van der Waals surface area (Å²) in [7, 11) is 2.97. The first-order chi connectivity index (χ1) is 21.2. The largest absolute Gasteiger partial charge is 0.368 e. The van der Waals surface area contributed by atoms with Gasteiger partial charge >= 0.3 is 0 Å². The van der Waals surface area contributed by atoms with E-state index in [9.17, 15) is 14.4 Å². The van der Waals surface area contributed by atoms with E-state index < -0.39 is 11.9 Å². The summed E-state index contributed by atoms with van der Waals surface area (Å²) in [6, 6.07) is 2.66. The molecule has 1 aromatic heterocycles. The van der Waals surface area contributed by atoms with Crippen molar-refractivity contribution < 1.29 is 14.4 Å². The standard InChI is InChI=1S/C35H50N4O3S2/c1-4-5-6-7-8-9-10-11-12-13-14-15-16-17-18-19-20-21-22-25-32(40)39-31(33(36)41)28-43-44-35(2,3)29-38-34(42)30-24-23-26-37-27-30/h5-6,8-9,11-12,14-15,17-18,20-21,23-24,26-27,31H,4,7,10,13,16,19,22,25,28-29H2,1-3H3,(H2,36,41)(H,38,42)(H,39,40)/b6-5-,9-8-,12-11-,15-14-,18-17-,21-20-. The van der Waals surface area contributed by atoms with Gasteiger partial charge in [0.05, 0.1) is 5.56 Å². The normalized spacial score (nSPS) is 13.2. The monoisotopic (exact) mass is 638 g/mol. The molecule has 0 saturated carbocycles. The van der Waals surface area contributed by atoms with E-state index in [0.29, 0.717) is 24.3 Å². The van der Waals surface area contributed by atoms with Crippen molar-refractivity contribution in [2.45, 2.75) is 82.9 Å². The molecule has 4 N–H and O–H groups in total. The maximum absolute atomic E-state index is 12.4. The Kier molecular flexibility index (Phi) is 22.1. The van der Waals surface area contributed by atoms with Gasteiger partial charge in [0.15, 0.2) is 0 Å². The fourth-order valence-electron chi connectivity index (χ4n) is 3.50. The topological polar surface area (TPSA) is 114 Å². The van der Waals surface area contributed by atoms with E-state index in [4.69, 9.17) is 5.73 Å². The number of hydrogen-bond acceptors (Lipinski definition) is 6. The summed E-state index contributed by atoms with van der Waals surface area (Å²) in [5.74, 6) is -0.623. The van der Waals surface area contributed by atoms with Crippen LogP contribution in [-0.4, -0.2) is 45.8 Å². The van der Waals surface area contributed by atoms with Crippen molar-refractivity contribution in [1.29, 1.82) is 0 Å². The molecule has 0 radical (unpaired) electrons. The van der Waals surface area contributed by atoms with Gasteiger partial charge in [0.2, 0.25) is 11.8 Å². The van der Waals surface area contributed by atoms with Crippen molar-refractivity contribution in [3.05, 3.63) is 103 Å². The second-order valence-electron chi connectivity index (χ2n) is 10.5. The first kappa shape index (κ1) is 38.7. The number of nitrogens with zero attached hydrogens (tertiary/aromatic N) is 1. The molecule has 7 nitrogen and oxygen atoms in total. The minimum Gasteiger partial charge on any atom is -0.368 e. The van der Waals surface area contributed by atoms with Crippen LogP contribution in [0, 0.1) is 0 Å². The van der Waals surface area contributed by atoms with Gasteiger partial charge < -0.3 is 16.4 Å². The van der Waals surface area contributed by atoms with Crippen LogP contribution in [0.2, 0.25) is 0 Å². The number of carbonyl (C=O) groups excluding carboxylic acids is 3. The second-order valence-corrected chi connectivity index (χ2v) is 13.6. The molecule has 0 bridgehead atoms. The number of rotatable bonds is 23. The van der Waals surface area contributed by atoms with E-state index >= 15 is 0 Å². The maximum Gasteiger partial charge on any atom is 0.252 e. The molecule has 0 fully saturated rings. The average molecular weight is 639 g/mol. The van der Waals surface area contributed by atoms with Gasteiger partial charge in [-0.15, -0.1) is 0 Å². The van der Waals surface area contributed by atoms with Gasteiger partial charge in [-0.05, 0) is 70.9 Å². The minimum absolute atomic E-state index is 0.189. The Morgan fingerprint density at radius 3 is 1.93 bits per heavy atom. The molecule has 1 unspecified atom stereocenters. The van der Waals surface area contributed by atoms with Gasteiger partial charge in [-0.3, -0.25) is 19.4 Å². The Bertz CT molecular complexity index is 1140. The molecule has 0 aromatic carbocycles. The number of nitrogens with one attached hydrogen (secondary N) is 2. The quantitative estimate of drug-likeness (QED) is 0.0849. The Morgan fingerprint density at radius 2 is 1.43 bits per heavy atom. The van der Waals surface area contributed by atoms with Crippen LogP contribution in [0.4, 0.5) is 0 Å². The van der Waals surface area contributed by atoms with Crippen LogP contribution >= 0.6 is 21.6 Å². The van der Waals surface area contributed by atoms with Crippen molar-refractivity contribution in [2.24, 2.45) is 5.73 Å². The first-order valence-electron chi connectivity index (χ1n) is 15.2. The maximum atomic E-state index is 12.4. The van der Waals surface area contributed by atoms with Crippen molar-refractivity contribution in [1.82, 2.24) is 15.6 Å². The van der Waals surface area contributed by atoms with Gasteiger partial charge in [-0.25, -0.2) is 0 Å². The van der Waals surface area contributed by atoms with E-state index in [0.717, 1.165) is 38.5 Å². The molecule has 1 heterocycles. The van der Waals surface area contributed by atoms with Crippen LogP contribution < -0.4 is 16.4 Å². The third-order valence-electron chi connectivity index (χ3n) is 5.93. The molecule has 0 aliphatic carbocycles. The zero-order chi connectivity index (χ0) is 32.3. The van der Waals surface area contributed by atoms with Crippen LogP contribution in [0.1, 0.15) is 82.5 Å². The van der Waals surface area contributed by atoms with E-state index in [-0.39, 0.29) is 23.0 Å². The summed E-state index contributed by atoms with van der Waals surface area (Å²) in [4.78, 5) is 40.5. The molecule has 44 heavy (non-hydrogen) atoms. The van der Waals surface area contributed by atoms with E-state index in [1.165, 1.54) is 27.8 Å². The zero-order valence-electron chi connectivity index (χ0n) is 26.5. The number of nitrogens with two attached hydrogens (primary N) is 1. The van der Waals surface area contributed by atoms with Gasteiger partial charge in [0, 0.05) is 35.9 Å². The van der Waals surface area contributed by atoms with Crippen molar-refractivity contribution in [3.8, 4) is 0 Å². The average Bonchev–Trinajstić information content (AvgIpc) is 3.00. The highest BCUT2D eigenvalue weighted by Crippen LogP contribution is 2.35. The molecule has 1 rings (SSSR count). The van der Waals surface area contributed by atoms with Crippen molar-refractivity contribution in [3.63, 3.8) is 0 Å². The third kappa shape index (κ3) is 21.4. The van der Waals surface area contributed by atoms with Crippen LogP contribution in [0.5, 0.6) is 0 Å². The summed E-state index contributed by atoms with van der Waals surface area (Å²) in [5.41, 5.74) is 6.03. The Hall–Kier alpha value is -3.30. The lowest BCUT2D eigenvalue weighted by Gasteiger charge is -2.24. The summed E-state index contributed by atoms with van der Waals surface area (Å²) in [6.45, 7) is 6.57. The molecule has 0 aliphatic rings. The van der Waals surface area contributed by atoms with E-state index in [1.807, 2.05) is 26.0 Å². The lowest BCUT2D eigenvalue weighted by atomic mass is 10.2. The van der Waals surface area contributed by atoms with Gasteiger partial charge in [-0.1, -0.05) is 101 Å². The lowest BCUT2D eigenvalue weighted by molar-refractivity contribution is -0.126. The Morgan fingerprint density at radius 1 is 0.886 bits per heavy atom. The summed E-state index contributed by atoms with van der Waals surface area (Å²) < 4.78 is -0.301. The predicted molar refractivity (Wildman–Crippen MR) is 189 cm³/mol. The molecule has 3 amide bonds. The molecule has 0 aliphatic heterocycles. The third-order valence-corrected chi connectivity index (χ3v) is 9.23. The lowest BCUT2D eigenvalue weighted by Crippen LogP contribution is -2.46. The van der Waals surface area contributed by atoms with Crippen molar-refractivity contribution in [2.75, 3.05) is 12.3 Å². The zero-order valence-corrected chi connectivity index (χ0v) is 28.1. The molecular weight excluding hydrogens is 589 g/mol. The smallest absolute Gasteiger partial charge is 0.252 e. The molecular formula is C35H50N4O3S2. The van der Waals surface area contributed by atoms with Gasteiger partial charge in [-0.2, -0.15) is 0 Å². The van der Waals surface area contributed by atoms with Crippen LogP contribution in [-0.2, 0) is 9.59 Å². The summed E-state index contributed by atoms with van der Waals surface area (Å²) in [5, 5.41) is 5.65.